The van der Waals surface area contributed by atoms with Crippen molar-refractivity contribution < 1.29 is 4.79 Å². The standard InChI is InChI=1S/C26H27N5O2S/c1-18-11-13-20(14-12-18)30-24(33)21-9-5-6-10-22(21)31-25(30)28-29-26(31)34-17-23(32)27-16-15-19-7-3-2-4-8-19/h5-7,9-14H,2-4,8,15-17H2,1H3,(H,27,32). The van der Waals surface area contributed by atoms with Crippen LogP contribution < -0.4 is 10.9 Å². The fourth-order valence-electron chi connectivity index (χ4n) is 4.37. The molecule has 2 aromatic carbocycles. The smallest absolute Gasteiger partial charge is 0.267 e. The van der Waals surface area contributed by atoms with Crippen LogP contribution in [0.2, 0.25) is 0 Å². The lowest BCUT2D eigenvalue weighted by molar-refractivity contribution is -0.118. The quantitative estimate of drug-likeness (QED) is 0.317. The van der Waals surface area contributed by atoms with Gasteiger partial charge in [0, 0.05) is 6.54 Å². The summed E-state index contributed by atoms with van der Waals surface area (Å²) < 4.78 is 3.44. The number of benzene rings is 2. The number of amides is 1. The van der Waals surface area contributed by atoms with E-state index in [1.807, 2.05) is 59.9 Å². The van der Waals surface area contributed by atoms with Gasteiger partial charge in [-0.15, -0.1) is 10.2 Å². The van der Waals surface area contributed by atoms with E-state index in [1.165, 1.54) is 30.2 Å². The normalized spacial score (nSPS) is 13.9. The van der Waals surface area contributed by atoms with Crippen molar-refractivity contribution in [3.8, 4) is 5.69 Å². The molecule has 2 aromatic heterocycles. The van der Waals surface area contributed by atoms with Gasteiger partial charge in [0.2, 0.25) is 11.7 Å². The summed E-state index contributed by atoms with van der Waals surface area (Å²) in [7, 11) is 0. The fourth-order valence-corrected chi connectivity index (χ4v) is 5.14. The number of allylic oxidation sites excluding steroid dienone is 1. The number of hydrogen-bond donors (Lipinski definition) is 1. The maximum absolute atomic E-state index is 13.4. The molecule has 1 N–H and O–H groups in total. The van der Waals surface area contributed by atoms with Crippen molar-refractivity contribution in [1.82, 2.24) is 24.5 Å². The second-order valence-corrected chi connectivity index (χ2v) is 9.55. The Morgan fingerprint density at radius 2 is 1.91 bits per heavy atom. The van der Waals surface area contributed by atoms with E-state index in [9.17, 15) is 9.59 Å². The Labute approximate surface area is 201 Å². The molecule has 1 aliphatic carbocycles. The van der Waals surface area contributed by atoms with E-state index in [4.69, 9.17) is 0 Å². The van der Waals surface area contributed by atoms with Crippen LogP contribution in [0.25, 0.3) is 22.4 Å². The van der Waals surface area contributed by atoms with Crippen molar-refractivity contribution in [3.63, 3.8) is 0 Å². The number of aromatic nitrogens is 4. The third-order valence-electron chi connectivity index (χ3n) is 6.17. The molecule has 0 unspecified atom stereocenters. The van der Waals surface area contributed by atoms with Crippen LogP contribution in [0.3, 0.4) is 0 Å². The van der Waals surface area contributed by atoms with Gasteiger partial charge < -0.3 is 5.32 Å². The lowest BCUT2D eigenvalue weighted by Crippen LogP contribution is -2.26. The van der Waals surface area contributed by atoms with Crippen molar-refractivity contribution in [2.45, 2.75) is 44.2 Å². The summed E-state index contributed by atoms with van der Waals surface area (Å²) in [6, 6.07) is 15.2. The largest absolute Gasteiger partial charge is 0.355 e. The number of thioether (sulfide) groups is 1. The van der Waals surface area contributed by atoms with Crippen molar-refractivity contribution in [2.75, 3.05) is 12.3 Å². The van der Waals surface area contributed by atoms with Crippen molar-refractivity contribution >= 4 is 34.3 Å². The molecule has 2 heterocycles. The maximum atomic E-state index is 13.4. The Bertz CT molecular complexity index is 1440. The number of rotatable bonds is 7. The summed E-state index contributed by atoms with van der Waals surface area (Å²) >= 11 is 1.33. The van der Waals surface area contributed by atoms with Crippen LogP contribution >= 0.6 is 11.8 Å². The predicted octanol–water partition coefficient (Wildman–Crippen LogP) is 4.44. The van der Waals surface area contributed by atoms with E-state index in [0.29, 0.717) is 22.9 Å². The molecule has 8 heteroatoms. The first-order chi connectivity index (χ1) is 16.6. The second-order valence-electron chi connectivity index (χ2n) is 8.61. The number of carbonyl (C=O) groups excluding carboxylic acids is 1. The Kier molecular flexibility index (Phi) is 6.49. The molecule has 0 spiro atoms. The highest BCUT2D eigenvalue weighted by atomic mass is 32.2. The summed E-state index contributed by atoms with van der Waals surface area (Å²) in [6.45, 7) is 2.66. The molecule has 0 saturated carbocycles. The average molecular weight is 474 g/mol. The Morgan fingerprint density at radius 1 is 1.09 bits per heavy atom. The molecule has 0 radical (unpaired) electrons. The summed E-state index contributed by atoms with van der Waals surface area (Å²) in [5.41, 5.74) is 3.86. The third kappa shape index (κ3) is 4.50. The molecule has 0 saturated heterocycles. The maximum Gasteiger partial charge on any atom is 0.267 e. The monoisotopic (exact) mass is 473 g/mol. The van der Waals surface area contributed by atoms with E-state index in [2.05, 4.69) is 21.6 Å². The molecule has 0 aliphatic heterocycles. The van der Waals surface area contributed by atoms with Gasteiger partial charge in [-0.25, -0.2) is 4.57 Å². The van der Waals surface area contributed by atoms with E-state index < -0.39 is 0 Å². The molecule has 0 bridgehead atoms. The first kappa shape index (κ1) is 22.4. The summed E-state index contributed by atoms with van der Waals surface area (Å²) in [5, 5.41) is 12.9. The van der Waals surface area contributed by atoms with Gasteiger partial charge in [-0.1, -0.05) is 53.2 Å². The predicted molar refractivity (Wildman–Crippen MR) is 136 cm³/mol. The van der Waals surface area contributed by atoms with Crippen LogP contribution in [0.1, 0.15) is 37.7 Å². The Balaban J connectivity index is 1.41. The summed E-state index contributed by atoms with van der Waals surface area (Å²) in [6.07, 6.45) is 8.04. The molecule has 1 amide bonds. The molecule has 4 aromatic rings. The van der Waals surface area contributed by atoms with Gasteiger partial charge in [0.25, 0.3) is 5.56 Å². The topological polar surface area (TPSA) is 81.3 Å². The Hall–Kier alpha value is -3.39. The van der Waals surface area contributed by atoms with Gasteiger partial charge in [-0.2, -0.15) is 0 Å². The zero-order valence-corrected chi connectivity index (χ0v) is 20.0. The zero-order valence-electron chi connectivity index (χ0n) is 19.2. The summed E-state index contributed by atoms with van der Waals surface area (Å²) in [5.74, 6) is 0.631. The number of fused-ring (bicyclic) bond motifs is 3. The molecule has 5 rings (SSSR count). The SMILES string of the molecule is Cc1ccc(-n2c(=O)c3ccccc3n3c(SCC(=O)NCCC4=CCCCC4)nnc23)cc1. The number of para-hydroxylation sites is 1. The summed E-state index contributed by atoms with van der Waals surface area (Å²) in [4.78, 5) is 25.8. The van der Waals surface area contributed by atoms with Crippen LogP contribution in [-0.2, 0) is 4.79 Å². The highest BCUT2D eigenvalue weighted by Crippen LogP contribution is 2.23. The van der Waals surface area contributed by atoms with E-state index in [-0.39, 0.29) is 17.2 Å². The van der Waals surface area contributed by atoms with Gasteiger partial charge in [0.15, 0.2) is 5.16 Å². The highest BCUT2D eigenvalue weighted by molar-refractivity contribution is 7.99. The van der Waals surface area contributed by atoms with E-state index >= 15 is 0 Å². The van der Waals surface area contributed by atoms with Crippen LogP contribution in [0.15, 0.2) is 70.1 Å². The molecule has 34 heavy (non-hydrogen) atoms. The van der Waals surface area contributed by atoms with E-state index in [1.54, 1.807) is 4.57 Å². The first-order valence-corrected chi connectivity index (χ1v) is 12.6. The number of nitrogens with one attached hydrogen (secondary N) is 1. The minimum absolute atomic E-state index is 0.0330. The molecular weight excluding hydrogens is 446 g/mol. The number of carbonyl (C=O) groups is 1. The van der Waals surface area contributed by atoms with Gasteiger partial charge in [-0.3, -0.25) is 14.0 Å². The van der Waals surface area contributed by atoms with E-state index in [0.717, 1.165) is 36.0 Å². The average Bonchev–Trinajstić information content (AvgIpc) is 3.28. The van der Waals surface area contributed by atoms with Gasteiger partial charge in [0.05, 0.1) is 22.3 Å². The van der Waals surface area contributed by atoms with Gasteiger partial charge in [-0.05, 0) is 63.3 Å². The number of hydrogen-bond acceptors (Lipinski definition) is 5. The van der Waals surface area contributed by atoms with Gasteiger partial charge in [0.1, 0.15) is 0 Å². The van der Waals surface area contributed by atoms with Crippen LogP contribution in [-0.4, -0.2) is 37.4 Å². The molecule has 174 valence electrons. The lowest BCUT2D eigenvalue weighted by Gasteiger charge is -2.13. The lowest BCUT2D eigenvalue weighted by atomic mass is 9.97. The minimum Gasteiger partial charge on any atom is -0.355 e. The van der Waals surface area contributed by atoms with Crippen LogP contribution in [0.4, 0.5) is 0 Å². The minimum atomic E-state index is -0.148. The molecule has 0 atom stereocenters. The fraction of sp³-hybridized carbons (Fsp3) is 0.308. The number of aryl methyl sites for hydroxylation is 1. The zero-order chi connectivity index (χ0) is 23.5. The molecule has 7 nitrogen and oxygen atoms in total. The van der Waals surface area contributed by atoms with Crippen molar-refractivity contribution in [1.29, 1.82) is 0 Å². The molecule has 0 fully saturated rings. The highest BCUT2D eigenvalue weighted by Gasteiger charge is 2.18. The first-order valence-electron chi connectivity index (χ1n) is 11.6. The molecular formula is C26H27N5O2S. The second kappa shape index (κ2) is 9.85. The van der Waals surface area contributed by atoms with Gasteiger partial charge >= 0.3 is 0 Å². The van der Waals surface area contributed by atoms with Crippen molar-refractivity contribution in [2.24, 2.45) is 0 Å². The van der Waals surface area contributed by atoms with Crippen molar-refractivity contribution in [3.05, 3.63) is 76.1 Å². The van der Waals surface area contributed by atoms with Crippen LogP contribution in [0, 0.1) is 6.92 Å². The number of nitrogens with zero attached hydrogens (tertiary/aromatic N) is 4. The molecule has 1 aliphatic rings. The van der Waals surface area contributed by atoms with Crippen LogP contribution in [0.5, 0.6) is 0 Å². The Morgan fingerprint density at radius 3 is 2.71 bits per heavy atom. The third-order valence-corrected chi connectivity index (χ3v) is 7.10.